The number of rotatable bonds is 4. The van der Waals surface area contributed by atoms with Crippen LogP contribution in [0.25, 0.3) is 0 Å². The molecule has 0 saturated carbocycles. The molecule has 1 saturated heterocycles. The van der Waals surface area contributed by atoms with E-state index >= 15 is 0 Å². The summed E-state index contributed by atoms with van der Waals surface area (Å²) >= 11 is 3.65. The standard InChI is InChI=1S/C12H20N2OS2/c1-8(2)11-10(6-15)17-12(13-11)14(3)9-4-5-16-7-9/h8-9,15H,4-7H2,1-3H3. The van der Waals surface area contributed by atoms with E-state index in [1.54, 1.807) is 11.3 Å². The minimum absolute atomic E-state index is 0.110. The van der Waals surface area contributed by atoms with Gasteiger partial charge in [-0.05, 0) is 18.1 Å². The lowest BCUT2D eigenvalue weighted by Crippen LogP contribution is -2.31. The molecule has 0 bridgehead atoms. The summed E-state index contributed by atoms with van der Waals surface area (Å²) in [7, 11) is 2.13. The van der Waals surface area contributed by atoms with Gasteiger partial charge < -0.3 is 10.0 Å². The Morgan fingerprint density at radius 1 is 1.53 bits per heavy atom. The number of thioether (sulfide) groups is 1. The highest BCUT2D eigenvalue weighted by Gasteiger charge is 2.24. The topological polar surface area (TPSA) is 36.4 Å². The fraction of sp³-hybridized carbons (Fsp3) is 0.750. The Balaban J connectivity index is 2.20. The Morgan fingerprint density at radius 3 is 2.76 bits per heavy atom. The van der Waals surface area contributed by atoms with E-state index in [-0.39, 0.29) is 6.61 Å². The normalized spacial score (nSPS) is 20.2. The number of anilines is 1. The molecule has 1 N–H and O–H groups in total. The highest BCUT2D eigenvalue weighted by molar-refractivity contribution is 7.99. The van der Waals surface area contributed by atoms with Crippen molar-refractivity contribution in [3.63, 3.8) is 0 Å². The molecule has 0 aromatic carbocycles. The predicted molar refractivity (Wildman–Crippen MR) is 76.3 cm³/mol. The third-order valence-electron chi connectivity index (χ3n) is 3.16. The van der Waals surface area contributed by atoms with Gasteiger partial charge in [0.25, 0.3) is 0 Å². The van der Waals surface area contributed by atoms with Gasteiger partial charge in [-0.25, -0.2) is 4.98 Å². The molecule has 2 rings (SSSR count). The van der Waals surface area contributed by atoms with Crippen molar-refractivity contribution >= 4 is 28.2 Å². The maximum atomic E-state index is 9.38. The summed E-state index contributed by atoms with van der Waals surface area (Å²) in [5.41, 5.74) is 1.06. The first kappa shape index (κ1) is 13.2. The Morgan fingerprint density at radius 2 is 2.29 bits per heavy atom. The molecule has 0 spiro atoms. The number of thiazole rings is 1. The molecular weight excluding hydrogens is 252 g/mol. The van der Waals surface area contributed by atoms with E-state index in [1.165, 1.54) is 17.9 Å². The number of nitrogens with zero attached hydrogens (tertiary/aromatic N) is 2. The van der Waals surface area contributed by atoms with Gasteiger partial charge in [-0.2, -0.15) is 11.8 Å². The average molecular weight is 272 g/mol. The van der Waals surface area contributed by atoms with Crippen molar-refractivity contribution in [1.29, 1.82) is 0 Å². The lowest BCUT2D eigenvalue weighted by Gasteiger charge is -2.22. The van der Waals surface area contributed by atoms with Crippen molar-refractivity contribution in [2.45, 2.75) is 38.8 Å². The minimum Gasteiger partial charge on any atom is -0.391 e. The number of aromatic nitrogens is 1. The summed E-state index contributed by atoms with van der Waals surface area (Å²) in [6, 6.07) is 0.609. The zero-order valence-electron chi connectivity index (χ0n) is 10.6. The van der Waals surface area contributed by atoms with Gasteiger partial charge in [0.2, 0.25) is 0 Å². The number of aliphatic hydroxyl groups excluding tert-OH is 1. The van der Waals surface area contributed by atoms with Gasteiger partial charge in [0.15, 0.2) is 5.13 Å². The van der Waals surface area contributed by atoms with Crippen LogP contribution in [0.1, 0.15) is 36.8 Å². The van der Waals surface area contributed by atoms with Crippen LogP contribution in [0, 0.1) is 0 Å². The maximum Gasteiger partial charge on any atom is 0.185 e. The van der Waals surface area contributed by atoms with Gasteiger partial charge in [0.1, 0.15) is 0 Å². The lowest BCUT2D eigenvalue weighted by molar-refractivity contribution is 0.283. The smallest absolute Gasteiger partial charge is 0.185 e. The molecule has 1 aromatic heterocycles. The SMILES string of the molecule is CC(C)c1nc(N(C)C2CCSC2)sc1CO. The van der Waals surface area contributed by atoms with Crippen molar-refractivity contribution in [2.75, 3.05) is 23.5 Å². The number of hydrogen-bond donors (Lipinski definition) is 1. The van der Waals surface area contributed by atoms with Crippen LogP contribution in [0.2, 0.25) is 0 Å². The van der Waals surface area contributed by atoms with Crippen molar-refractivity contribution in [3.05, 3.63) is 10.6 Å². The molecule has 1 aliphatic heterocycles. The highest BCUT2D eigenvalue weighted by Crippen LogP contribution is 2.33. The molecule has 0 radical (unpaired) electrons. The molecule has 5 heteroatoms. The van der Waals surface area contributed by atoms with E-state index in [2.05, 4.69) is 25.8 Å². The molecule has 3 nitrogen and oxygen atoms in total. The third-order valence-corrected chi connectivity index (χ3v) is 5.45. The Labute approximate surface area is 111 Å². The molecule has 1 aromatic rings. The summed E-state index contributed by atoms with van der Waals surface area (Å²) in [6.45, 7) is 4.37. The van der Waals surface area contributed by atoms with Crippen molar-refractivity contribution in [2.24, 2.45) is 0 Å². The summed E-state index contributed by atoms with van der Waals surface area (Å²) in [4.78, 5) is 8.01. The van der Waals surface area contributed by atoms with Gasteiger partial charge in [0, 0.05) is 18.8 Å². The van der Waals surface area contributed by atoms with Crippen LogP contribution < -0.4 is 4.90 Å². The lowest BCUT2D eigenvalue weighted by atomic mass is 10.1. The molecule has 1 fully saturated rings. The third kappa shape index (κ3) is 2.77. The van der Waals surface area contributed by atoms with Crippen molar-refractivity contribution < 1.29 is 5.11 Å². The summed E-state index contributed by atoms with van der Waals surface area (Å²) in [5.74, 6) is 2.83. The van der Waals surface area contributed by atoms with Crippen LogP contribution in [-0.4, -0.2) is 34.7 Å². The van der Waals surface area contributed by atoms with E-state index < -0.39 is 0 Å². The van der Waals surface area contributed by atoms with Crippen LogP contribution in [0.5, 0.6) is 0 Å². The van der Waals surface area contributed by atoms with Gasteiger partial charge in [-0.3, -0.25) is 0 Å². The molecule has 0 aliphatic carbocycles. The first-order valence-corrected chi connectivity index (χ1v) is 8.01. The van der Waals surface area contributed by atoms with Crippen LogP contribution in [0.4, 0.5) is 5.13 Å². The van der Waals surface area contributed by atoms with Crippen LogP contribution in [0.15, 0.2) is 0 Å². The zero-order valence-corrected chi connectivity index (χ0v) is 12.3. The first-order chi connectivity index (χ1) is 8.13. The Kier molecular flexibility index (Phi) is 4.33. The molecule has 0 amide bonds. The summed E-state index contributed by atoms with van der Waals surface area (Å²) in [5, 5.41) is 10.4. The van der Waals surface area contributed by atoms with Crippen molar-refractivity contribution in [3.8, 4) is 0 Å². The van der Waals surface area contributed by atoms with Crippen LogP contribution in [-0.2, 0) is 6.61 Å². The second kappa shape index (κ2) is 5.59. The predicted octanol–water partition coefficient (Wildman–Crippen LogP) is 2.70. The van der Waals surface area contributed by atoms with E-state index in [0.717, 1.165) is 15.7 Å². The molecule has 96 valence electrons. The second-order valence-corrected chi connectivity index (χ2v) is 6.96. The second-order valence-electron chi connectivity index (χ2n) is 4.75. The molecule has 2 heterocycles. The minimum atomic E-state index is 0.110. The number of aliphatic hydroxyl groups is 1. The molecular formula is C12H20N2OS2. The summed E-state index contributed by atoms with van der Waals surface area (Å²) < 4.78 is 0. The fourth-order valence-electron chi connectivity index (χ4n) is 2.05. The van der Waals surface area contributed by atoms with E-state index in [9.17, 15) is 5.11 Å². The molecule has 17 heavy (non-hydrogen) atoms. The quantitative estimate of drug-likeness (QED) is 0.914. The van der Waals surface area contributed by atoms with Crippen molar-refractivity contribution in [1.82, 2.24) is 4.98 Å². The van der Waals surface area contributed by atoms with E-state index in [4.69, 9.17) is 4.98 Å². The monoisotopic (exact) mass is 272 g/mol. The fourth-order valence-corrected chi connectivity index (χ4v) is 4.43. The van der Waals surface area contributed by atoms with E-state index in [1.807, 2.05) is 11.8 Å². The van der Waals surface area contributed by atoms with Gasteiger partial charge in [0.05, 0.1) is 17.2 Å². The maximum absolute atomic E-state index is 9.38. The molecule has 1 aliphatic rings. The summed E-state index contributed by atoms with van der Waals surface area (Å²) in [6.07, 6.45) is 1.24. The Bertz CT molecular complexity index is 373. The van der Waals surface area contributed by atoms with Crippen LogP contribution in [0.3, 0.4) is 0 Å². The van der Waals surface area contributed by atoms with Gasteiger partial charge in [-0.1, -0.05) is 25.2 Å². The average Bonchev–Trinajstić information content (AvgIpc) is 2.97. The van der Waals surface area contributed by atoms with E-state index in [0.29, 0.717) is 12.0 Å². The first-order valence-electron chi connectivity index (χ1n) is 6.04. The largest absolute Gasteiger partial charge is 0.391 e. The van der Waals surface area contributed by atoms with Crippen LogP contribution >= 0.6 is 23.1 Å². The van der Waals surface area contributed by atoms with Gasteiger partial charge in [-0.15, -0.1) is 0 Å². The van der Waals surface area contributed by atoms with Gasteiger partial charge >= 0.3 is 0 Å². The molecule has 1 unspecified atom stereocenters. The molecule has 1 atom stereocenters. The highest BCUT2D eigenvalue weighted by atomic mass is 32.2. The number of hydrogen-bond acceptors (Lipinski definition) is 5. The zero-order chi connectivity index (χ0) is 12.4. The Hall–Kier alpha value is -0.260.